The maximum absolute atomic E-state index is 5.12. The van der Waals surface area contributed by atoms with Gasteiger partial charge in [0.2, 0.25) is 11.8 Å². The smallest absolute Gasteiger partial charge is 0.226 e. The Hall–Kier alpha value is -2.89. The second-order valence-electron chi connectivity index (χ2n) is 5.72. The summed E-state index contributed by atoms with van der Waals surface area (Å²) in [6.07, 6.45) is 1.67. The van der Waals surface area contributed by atoms with E-state index in [4.69, 9.17) is 4.74 Å². The SMILES string of the molecule is COc1ccnc(NC(C)c2ccc(-n3nc(C)cc3C)cc2)n1. The summed E-state index contributed by atoms with van der Waals surface area (Å²) in [5, 5.41) is 7.79. The highest BCUT2D eigenvalue weighted by molar-refractivity contribution is 5.39. The minimum Gasteiger partial charge on any atom is -0.481 e. The summed E-state index contributed by atoms with van der Waals surface area (Å²) in [6, 6.07) is 12.2. The second kappa shape index (κ2) is 6.70. The Bertz CT molecular complexity index is 826. The first-order valence-electron chi connectivity index (χ1n) is 7.84. The monoisotopic (exact) mass is 323 g/mol. The van der Waals surface area contributed by atoms with Crippen molar-refractivity contribution in [3.05, 3.63) is 59.5 Å². The minimum absolute atomic E-state index is 0.0756. The van der Waals surface area contributed by atoms with E-state index in [9.17, 15) is 0 Å². The molecule has 124 valence electrons. The lowest BCUT2D eigenvalue weighted by Gasteiger charge is -2.15. The minimum atomic E-state index is 0.0756. The molecule has 1 aromatic carbocycles. The van der Waals surface area contributed by atoms with E-state index in [1.54, 1.807) is 19.4 Å². The molecule has 0 saturated heterocycles. The van der Waals surface area contributed by atoms with Gasteiger partial charge in [-0.1, -0.05) is 12.1 Å². The van der Waals surface area contributed by atoms with Crippen molar-refractivity contribution in [2.24, 2.45) is 0 Å². The molecule has 1 atom stereocenters. The van der Waals surface area contributed by atoms with Crippen molar-refractivity contribution in [3.8, 4) is 11.6 Å². The van der Waals surface area contributed by atoms with Crippen LogP contribution in [-0.2, 0) is 0 Å². The molecule has 0 amide bonds. The number of hydrogen-bond acceptors (Lipinski definition) is 5. The molecular weight excluding hydrogens is 302 g/mol. The maximum atomic E-state index is 5.12. The highest BCUT2D eigenvalue weighted by Gasteiger charge is 2.09. The molecule has 0 saturated carbocycles. The third-order valence-corrected chi connectivity index (χ3v) is 3.83. The van der Waals surface area contributed by atoms with E-state index in [-0.39, 0.29) is 6.04 Å². The topological polar surface area (TPSA) is 64.9 Å². The normalized spacial score (nSPS) is 12.0. The van der Waals surface area contributed by atoms with Crippen LogP contribution in [0.5, 0.6) is 5.88 Å². The van der Waals surface area contributed by atoms with Gasteiger partial charge in [-0.3, -0.25) is 0 Å². The van der Waals surface area contributed by atoms with Crippen LogP contribution in [-0.4, -0.2) is 26.9 Å². The Labute approximate surface area is 141 Å². The molecule has 0 bridgehead atoms. The summed E-state index contributed by atoms with van der Waals surface area (Å²) in [4.78, 5) is 8.49. The number of nitrogens with zero attached hydrogens (tertiary/aromatic N) is 4. The van der Waals surface area contributed by atoms with Crippen LogP contribution in [0.3, 0.4) is 0 Å². The van der Waals surface area contributed by atoms with Crippen LogP contribution in [0.25, 0.3) is 5.69 Å². The van der Waals surface area contributed by atoms with E-state index in [0.29, 0.717) is 11.8 Å². The first kappa shape index (κ1) is 16.0. The lowest BCUT2D eigenvalue weighted by Crippen LogP contribution is -2.10. The number of anilines is 1. The molecule has 3 rings (SSSR count). The maximum Gasteiger partial charge on any atom is 0.226 e. The number of rotatable bonds is 5. The summed E-state index contributed by atoms with van der Waals surface area (Å²) in [6.45, 7) is 6.12. The predicted molar refractivity (Wildman–Crippen MR) is 93.7 cm³/mol. The molecule has 1 N–H and O–H groups in total. The molecule has 0 fully saturated rings. The van der Waals surface area contributed by atoms with Gasteiger partial charge >= 0.3 is 0 Å². The van der Waals surface area contributed by atoms with Gasteiger partial charge in [0.15, 0.2) is 0 Å². The molecule has 6 heteroatoms. The highest BCUT2D eigenvalue weighted by Crippen LogP contribution is 2.20. The van der Waals surface area contributed by atoms with Gasteiger partial charge < -0.3 is 10.1 Å². The van der Waals surface area contributed by atoms with Crippen LogP contribution < -0.4 is 10.1 Å². The number of aromatic nitrogens is 4. The summed E-state index contributed by atoms with van der Waals surface area (Å²) < 4.78 is 7.07. The second-order valence-corrected chi connectivity index (χ2v) is 5.72. The summed E-state index contributed by atoms with van der Waals surface area (Å²) in [5.41, 5.74) is 4.33. The average Bonchev–Trinajstić information content (AvgIpc) is 2.93. The van der Waals surface area contributed by atoms with Gasteiger partial charge in [-0.05, 0) is 44.5 Å². The fraction of sp³-hybridized carbons (Fsp3) is 0.278. The Morgan fingerprint density at radius 1 is 1.12 bits per heavy atom. The molecule has 0 aliphatic heterocycles. The molecule has 0 aliphatic carbocycles. The largest absolute Gasteiger partial charge is 0.481 e. The van der Waals surface area contributed by atoms with Crippen molar-refractivity contribution in [2.75, 3.05) is 12.4 Å². The Morgan fingerprint density at radius 3 is 2.50 bits per heavy atom. The van der Waals surface area contributed by atoms with Crippen LogP contribution >= 0.6 is 0 Å². The average molecular weight is 323 g/mol. The van der Waals surface area contributed by atoms with Gasteiger partial charge in [-0.15, -0.1) is 0 Å². The van der Waals surface area contributed by atoms with Crippen molar-refractivity contribution in [1.29, 1.82) is 0 Å². The van der Waals surface area contributed by atoms with Crippen molar-refractivity contribution >= 4 is 5.95 Å². The number of ether oxygens (including phenoxy) is 1. The molecule has 3 aromatic rings. The van der Waals surface area contributed by atoms with Crippen LogP contribution in [0.1, 0.15) is 29.9 Å². The fourth-order valence-corrected chi connectivity index (χ4v) is 2.60. The zero-order valence-electron chi connectivity index (χ0n) is 14.3. The third kappa shape index (κ3) is 3.37. The van der Waals surface area contributed by atoms with E-state index in [1.807, 2.05) is 11.6 Å². The van der Waals surface area contributed by atoms with Crippen molar-refractivity contribution in [2.45, 2.75) is 26.8 Å². The van der Waals surface area contributed by atoms with Gasteiger partial charge in [0.05, 0.1) is 24.5 Å². The van der Waals surface area contributed by atoms with Gasteiger partial charge in [-0.25, -0.2) is 9.67 Å². The molecule has 2 aromatic heterocycles. The van der Waals surface area contributed by atoms with Crippen LogP contribution in [0.2, 0.25) is 0 Å². The molecule has 2 heterocycles. The highest BCUT2D eigenvalue weighted by atomic mass is 16.5. The molecule has 0 radical (unpaired) electrons. The lowest BCUT2D eigenvalue weighted by molar-refractivity contribution is 0.397. The van der Waals surface area contributed by atoms with Gasteiger partial charge in [-0.2, -0.15) is 10.1 Å². The summed E-state index contributed by atoms with van der Waals surface area (Å²) in [7, 11) is 1.59. The van der Waals surface area contributed by atoms with E-state index in [1.165, 1.54) is 0 Å². The van der Waals surface area contributed by atoms with Crippen molar-refractivity contribution < 1.29 is 4.74 Å². The number of nitrogens with one attached hydrogen (secondary N) is 1. The fourth-order valence-electron chi connectivity index (χ4n) is 2.60. The van der Waals surface area contributed by atoms with E-state index in [0.717, 1.165) is 22.6 Å². The number of hydrogen-bond donors (Lipinski definition) is 1. The summed E-state index contributed by atoms with van der Waals surface area (Å²) in [5.74, 6) is 1.09. The molecular formula is C18H21N5O. The van der Waals surface area contributed by atoms with Crippen LogP contribution in [0, 0.1) is 13.8 Å². The molecule has 0 aliphatic rings. The Kier molecular flexibility index (Phi) is 4.46. The van der Waals surface area contributed by atoms with Crippen LogP contribution in [0.15, 0.2) is 42.6 Å². The van der Waals surface area contributed by atoms with E-state index < -0.39 is 0 Å². The molecule has 6 nitrogen and oxygen atoms in total. The standard InChI is InChI=1S/C18H21N5O/c1-12-11-13(2)23(22-12)16-7-5-15(6-8-16)14(3)20-18-19-10-9-17(21-18)24-4/h5-11,14H,1-4H3,(H,19,20,21). The zero-order chi connectivity index (χ0) is 17.1. The Balaban J connectivity index is 1.76. The summed E-state index contributed by atoms with van der Waals surface area (Å²) >= 11 is 0. The lowest BCUT2D eigenvalue weighted by atomic mass is 10.1. The van der Waals surface area contributed by atoms with Gasteiger partial charge in [0.1, 0.15) is 0 Å². The number of aryl methyl sites for hydroxylation is 2. The first-order chi connectivity index (χ1) is 11.6. The van der Waals surface area contributed by atoms with Crippen LogP contribution in [0.4, 0.5) is 5.95 Å². The number of methoxy groups -OCH3 is 1. The van der Waals surface area contributed by atoms with Crippen molar-refractivity contribution in [3.63, 3.8) is 0 Å². The van der Waals surface area contributed by atoms with E-state index in [2.05, 4.69) is 64.6 Å². The zero-order valence-corrected chi connectivity index (χ0v) is 14.3. The molecule has 24 heavy (non-hydrogen) atoms. The predicted octanol–water partition coefficient (Wildman–Crippen LogP) is 3.46. The first-order valence-corrected chi connectivity index (χ1v) is 7.84. The molecule has 0 spiro atoms. The number of benzene rings is 1. The third-order valence-electron chi connectivity index (χ3n) is 3.83. The Morgan fingerprint density at radius 2 is 1.88 bits per heavy atom. The van der Waals surface area contributed by atoms with E-state index >= 15 is 0 Å². The van der Waals surface area contributed by atoms with Gasteiger partial charge in [0, 0.05) is 18.0 Å². The van der Waals surface area contributed by atoms with Gasteiger partial charge in [0.25, 0.3) is 0 Å². The quantitative estimate of drug-likeness (QED) is 0.779. The van der Waals surface area contributed by atoms with Crippen molar-refractivity contribution in [1.82, 2.24) is 19.7 Å². The molecule has 1 unspecified atom stereocenters.